The molecule has 20 heavy (non-hydrogen) atoms. The number of carbonyl (C=O) groups is 1. The highest BCUT2D eigenvalue weighted by Gasteiger charge is 2.33. The Bertz CT molecular complexity index is 618. The number of hydrogen-bond donors (Lipinski definition) is 2. The third-order valence-corrected chi connectivity index (χ3v) is 4.35. The van der Waals surface area contributed by atoms with Crippen LogP contribution in [0.2, 0.25) is 5.02 Å². The molecule has 0 fully saturated rings. The number of benzene rings is 1. The van der Waals surface area contributed by atoms with E-state index in [2.05, 4.69) is 5.32 Å². The molecule has 0 aliphatic carbocycles. The molecule has 3 N–H and O–H groups in total. The summed E-state index contributed by atoms with van der Waals surface area (Å²) in [5.41, 5.74) is 4.92. The highest BCUT2D eigenvalue weighted by molar-refractivity contribution is 7.09. The Hall–Kier alpha value is -1.43. The molecule has 0 saturated carbocycles. The normalized spacial score (nSPS) is 13.9. The van der Waals surface area contributed by atoms with Gasteiger partial charge in [-0.3, -0.25) is 10.1 Å². The monoisotopic (exact) mass is 312 g/mol. The first-order valence-corrected chi connectivity index (χ1v) is 7.22. The zero-order valence-electron chi connectivity index (χ0n) is 10.8. The minimum absolute atomic E-state index is 0.0344. The minimum Gasteiger partial charge on any atom is -0.368 e. The largest absolute Gasteiger partial charge is 0.368 e. The number of hydrogen-bond acceptors (Lipinski definition) is 3. The molecule has 106 valence electrons. The van der Waals surface area contributed by atoms with Crippen molar-refractivity contribution in [1.82, 2.24) is 5.32 Å². The molecule has 1 heterocycles. The van der Waals surface area contributed by atoms with Crippen molar-refractivity contribution in [3.05, 3.63) is 57.0 Å². The second-order valence-electron chi connectivity index (χ2n) is 4.55. The van der Waals surface area contributed by atoms with Crippen LogP contribution in [-0.4, -0.2) is 5.91 Å². The lowest BCUT2D eigenvalue weighted by molar-refractivity contribution is -0.124. The number of halogens is 2. The molecule has 1 amide bonds. The van der Waals surface area contributed by atoms with Gasteiger partial charge in [-0.15, -0.1) is 11.3 Å². The van der Waals surface area contributed by atoms with E-state index in [4.69, 9.17) is 17.3 Å². The van der Waals surface area contributed by atoms with Gasteiger partial charge in [0.15, 0.2) is 0 Å². The van der Waals surface area contributed by atoms with Crippen molar-refractivity contribution in [2.75, 3.05) is 0 Å². The molecule has 6 heteroatoms. The number of amides is 1. The number of rotatable bonds is 5. The Labute approximate surface area is 125 Å². The van der Waals surface area contributed by atoms with Crippen LogP contribution in [0.5, 0.6) is 0 Å². The summed E-state index contributed by atoms with van der Waals surface area (Å²) in [6.45, 7) is 2.15. The summed E-state index contributed by atoms with van der Waals surface area (Å²) in [5.74, 6) is -1.07. The summed E-state index contributed by atoms with van der Waals surface area (Å²) >= 11 is 7.35. The van der Waals surface area contributed by atoms with Gasteiger partial charge in [-0.25, -0.2) is 4.39 Å². The molecule has 0 saturated heterocycles. The zero-order valence-corrected chi connectivity index (χ0v) is 12.4. The topological polar surface area (TPSA) is 55.1 Å². The van der Waals surface area contributed by atoms with Crippen molar-refractivity contribution >= 4 is 28.8 Å². The summed E-state index contributed by atoms with van der Waals surface area (Å²) in [6, 6.07) is 8.04. The molecule has 1 aromatic heterocycles. The Balaban J connectivity index is 2.28. The lowest BCUT2D eigenvalue weighted by Crippen LogP contribution is -2.50. The van der Waals surface area contributed by atoms with Crippen LogP contribution in [0, 0.1) is 5.82 Å². The molecule has 0 bridgehead atoms. The van der Waals surface area contributed by atoms with E-state index < -0.39 is 17.3 Å². The van der Waals surface area contributed by atoms with Gasteiger partial charge in [0.2, 0.25) is 5.91 Å². The molecule has 0 aliphatic heterocycles. The molecule has 3 nitrogen and oxygen atoms in total. The SMILES string of the molecule is CC(NCc1cccs1)(C(N)=O)c1ccc(F)c(Cl)c1. The van der Waals surface area contributed by atoms with Gasteiger partial charge >= 0.3 is 0 Å². The molecule has 0 radical (unpaired) electrons. The Morgan fingerprint density at radius 3 is 2.80 bits per heavy atom. The van der Waals surface area contributed by atoms with Gasteiger partial charge in [0.25, 0.3) is 0 Å². The first kappa shape index (κ1) is 15.0. The summed E-state index contributed by atoms with van der Waals surface area (Å²) in [4.78, 5) is 12.9. The first-order chi connectivity index (χ1) is 9.43. The van der Waals surface area contributed by atoms with Gasteiger partial charge in [0.1, 0.15) is 11.4 Å². The van der Waals surface area contributed by atoms with Gasteiger partial charge in [0.05, 0.1) is 5.02 Å². The fourth-order valence-electron chi connectivity index (χ4n) is 1.82. The summed E-state index contributed by atoms with van der Waals surface area (Å²) in [6.07, 6.45) is 0. The lowest BCUT2D eigenvalue weighted by atomic mass is 9.91. The quantitative estimate of drug-likeness (QED) is 0.891. The Morgan fingerprint density at radius 2 is 2.25 bits per heavy atom. The van der Waals surface area contributed by atoms with E-state index in [0.29, 0.717) is 12.1 Å². The fraction of sp³-hybridized carbons (Fsp3) is 0.214. The molecular formula is C14H14ClFN2OS. The van der Waals surface area contributed by atoms with Crippen LogP contribution >= 0.6 is 22.9 Å². The third kappa shape index (κ3) is 3.00. The fourth-order valence-corrected chi connectivity index (χ4v) is 2.64. The Morgan fingerprint density at radius 1 is 1.50 bits per heavy atom. The predicted molar refractivity (Wildman–Crippen MR) is 79.1 cm³/mol. The van der Waals surface area contributed by atoms with Gasteiger partial charge in [-0.1, -0.05) is 23.7 Å². The molecule has 0 aliphatic rings. The van der Waals surface area contributed by atoms with Gasteiger partial charge in [0, 0.05) is 11.4 Å². The van der Waals surface area contributed by atoms with Crippen LogP contribution in [0.15, 0.2) is 35.7 Å². The van der Waals surface area contributed by atoms with Crippen molar-refractivity contribution in [2.45, 2.75) is 19.0 Å². The number of nitrogens with two attached hydrogens (primary N) is 1. The first-order valence-electron chi connectivity index (χ1n) is 5.96. The number of carbonyl (C=O) groups excluding carboxylic acids is 1. The highest BCUT2D eigenvalue weighted by atomic mass is 35.5. The second-order valence-corrected chi connectivity index (χ2v) is 5.99. The van der Waals surface area contributed by atoms with Crippen molar-refractivity contribution in [3.63, 3.8) is 0 Å². The molecular weight excluding hydrogens is 299 g/mol. The van der Waals surface area contributed by atoms with Crippen LogP contribution in [0.1, 0.15) is 17.4 Å². The van der Waals surface area contributed by atoms with E-state index in [1.807, 2.05) is 17.5 Å². The maximum absolute atomic E-state index is 13.2. The number of primary amides is 1. The van der Waals surface area contributed by atoms with Crippen LogP contribution in [0.3, 0.4) is 0 Å². The number of thiophene rings is 1. The van der Waals surface area contributed by atoms with Gasteiger partial charge in [-0.2, -0.15) is 0 Å². The average molecular weight is 313 g/mol. The van der Waals surface area contributed by atoms with Crippen molar-refractivity contribution < 1.29 is 9.18 Å². The molecule has 2 aromatic rings. The average Bonchev–Trinajstić information content (AvgIpc) is 2.92. The maximum atomic E-state index is 13.2. The molecule has 2 rings (SSSR count). The maximum Gasteiger partial charge on any atom is 0.242 e. The standard InChI is InChI=1S/C14H14ClFN2OS/c1-14(13(17)19,18-8-10-3-2-6-20-10)9-4-5-12(16)11(15)7-9/h2-7,18H,8H2,1H3,(H2,17,19). The van der Waals surface area contributed by atoms with Crippen molar-refractivity contribution in [2.24, 2.45) is 5.73 Å². The highest BCUT2D eigenvalue weighted by Crippen LogP contribution is 2.26. The van der Waals surface area contributed by atoms with Crippen LogP contribution in [0.4, 0.5) is 4.39 Å². The van der Waals surface area contributed by atoms with E-state index in [-0.39, 0.29) is 5.02 Å². The molecule has 1 aromatic carbocycles. The van der Waals surface area contributed by atoms with Crippen molar-refractivity contribution in [3.8, 4) is 0 Å². The van der Waals surface area contributed by atoms with Gasteiger partial charge in [-0.05, 0) is 36.1 Å². The molecule has 1 unspecified atom stereocenters. The minimum atomic E-state index is -1.11. The van der Waals surface area contributed by atoms with E-state index in [0.717, 1.165) is 4.88 Å². The van der Waals surface area contributed by atoms with Crippen LogP contribution in [0.25, 0.3) is 0 Å². The predicted octanol–water partition coefficient (Wildman–Crippen LogP) is 3.03. The third-order valence-electron chi connectivity index (χ3n) is 3.19. The summed E-state index contributed by atoms with van der Waals surface area (Å²) < 4.78 is 13.2. The van der Waals surface area contributed by atoms with Gasteiger partial charge < -0.3 is 5.73 Å². The van der Waals surface area contributed by atoms with Crippen LogP contribution in [-0.2, 0) is 16.9 Å². The van der Waals surface area contributed by atoms with E-state index in [1.165, 1.54) is 18.2 Å². The van der Waals surface area contributed by atoms with Crippen molar-refractivity contribution in [1.29, 1.82) is 0 Å². The summed E-state index contributed by atoms with van der Waals surface area (Å²) in [7, 11) is 0. The zero-order chi connectivity index (χ0) is 14.8. The summed E-state index contributed by atoms with van der Waals surface area (Å²) in [5, 5.41) is 5.03. The van der Waals surface area contributed by atoms with Crippen LogP contribution < -0.4 is 11.1 Å². The van der Waals surface area contributed by atoms with E-state index in [1.54, 1.807) is 18.3 Å². The lowest BCUT2D eigenvalue weighted by Gasteiger charge is -2.28. The molecule has 0 spiro atoms. The smallest absolute Gasteiger partial charge is 0.242 e. The molecule has 1 atom stereocenters. The second kappa shape index (κ2) is 5.91. The van der Waals surface area contributed by atoms with E-state index in [9.17, 15) is 9.18 Å². The van der Waals surface area contributed by atoms with E-state index >= 15 is 0 Å². The Kier molecular flexibility index (Phi) is 4.42. The number of nitrogens with one attached hydrogen (secondary N) is 1.